The normalized spacial score (nSPS) is 11.7. The predicted octanol–water partition coefficient (Wildman–Crippen LogP) is 4.85. The Labute approximate surface area is 178 Å². The van der Waals surface area contributed by atoms with Crippen molar-refractivity contribution < 1.29 is 29.7 Å². The van der Waals surface area contributed by atoms with Crippen molar-refractivity contribution in [2.75, 3.05) is 0 Å². The maximum atomic E-state index is 9.60. The smallest absolute Gasteiger partial charge is 0.506 e. The molecule has 141 valence electrons. The molecule has 0 unspecified atom stereocenters. The van der Waals surface area contributed by atoms with Crippen LogP contribution in [-0.4, -0.2) is 20.2 Å². The van der Waals surface area contributed by atoms with E-state index in [1.165, 1.54) is 37.8 Å². The minimum absolute atomic E-state index is 0. The Kier molecular flexibility index (Phi) is 9.41. The van der Waals surface area contributed by atoms with E-state index >= 15 is 0 Å². The summed E-state index contributed by atoms with van der Waals surface area (Å²) < 4.78 is 0. The Bertz CT molecular complexity index is 849. The Morgan fingerprint density at radius 1 is 0.778 bits per heavy atom. The molecule has 2 heterocycles. The van der Waals surface area contributed by atoms with Crippen LogP contribution in [0.1, 0.15) is 29.7 Å². The van der Waals surface area contributed by atoms with Gasteiger partial charge in [-0.1, -0.05) is 24.3 Å². The molecule has 0 aliphatic heterocycles. The van der Waals surface area contributed by atoms with Gasteiger partial charge < -0.3 is 10.2 Å². The largest absolute Gasteiger partial charge is 3.00 e. The van der Waals surface area contributed by atoms with Gasteiger partial charge >= 0.3 is 19.5 Å². The van der Waals surface area contributed by atoms with E-state index in [0.29, 0.717) is 11.4 Å². The Hall–Kier alpha value is -1.97. The molecular formula is C21H23ClN2O2Ru+3. The number of fused-ring (bicyclic) bond motifs is 1. The van der Waals surface area contributed by atoms with E-state index in [0.717, 1.165) is 5.69 Å². The standard InChI is InChI=1S/C11H10N2O2.C10H12.ClH.Ru/c1-7-4-5-9(15)11(13-7)10-8(14)3-2-6-12-10;1-2-6-10-8-4-3-7-9(10)5-1;;/h2-6,14-15H,1H3;1-2,5-6H,3-4,7-8H2;1H;/q;;;+3. The van der Waals surface area contributed by atoms with E-state index < -0.39 is 0 Å². The molecule has 0 saturated carbocycles. The molecule has 2 aromatic heterocycles. The third-order valence-electron chi connectivity index (χ3n) is 4.28. The van der Waals surface area contributed by atoms with Crippen LogP contribution in [0.2, 0.25) is 0 Å². The van der Waals surface area contributed by atoms with Crippen LogP contribution < -0.4 is 0 Å². The molecule has 27 heavy (non-hydrogen) atoms. The summed E-state index contributed by atoms with van der Waals surface area (Å²) in [5.41, 5.74) is 4.50. The van der Waals surface area contributed by atoms with Gasteiger partial charge in [0, 0.05) is 11.9 Å². The molecule has 6 heteroatoms. The Balaban J connectivity index is 0.000000267. The molecule has 2 N–H and O–H groups in total. The summed E-state index contributed by atoms with van der Waals surface area (Å²) in [4.78, 5) is 8.11. The first kappa shape index (κ1) is 23.1. The van der Waals surface area contributed by atoms with Crippen LogP contribution in [0.25, 0.3) is 11.4 Å². The van der Waals surface area contributed by atoms with Crippen LogP contribution >= 0.6 is 12.4 Å². The van der Waals surface area contributed by atoms with Crippen molar-refractivity contribution in [3.05, 3.63) is 71.5 Å². The average Bonchev–Trinajstić information content (AvgIpc) is 2.65. The first-order valence-electron chi connectivity index (χ1n) is 8.53. The van der Waals surface area contributed by atoms with Crippen LogP contribution in [0, 0.1) is 6.92 Å². The molecule has 0 atom stereocenters. The second-order valence-corrected chi connectivity index (χ2v) is 6.17. The van der Waals surface area contributed by atoms with E-state index in [-0.39, 0.29) is 43.4 Å². The van der Waals surface area contributed by atoms with Crippen LogP contribution in [-0.2, 0) is 32.3 Å². The monoisotopic (exact) mass is 472 g/mol. The van der Waals surface area contributed by atoms with Gasteiger partial charge in [-0.15, -0.1) is 12.4 Å². The number of hydrogen-bond acceptors (Lipinski definition) is 4. The van der Waals surface area contributed by atoms with Gasteiger partial charge in [0.1, 0.15) is 22.9 Å². The summed E-state index contributed by atoms with van der Waals surface area (Å²) in [7, 11) is 0. The van der Waals surface area contributed by atoms with Gasteiger partial charge in [0.05, 0.1) is 0 Å². The number of aromatic nitrogens is 2. The first-order valence-corrected chi connectivity index (χ1v) is 8.53. The zero-order chi connectivity index (χ0) is 17.6. The number of nitrogens with zero attached hydrogens (tertiary/aromatic N) is 2. The maximum Gasteiger partial charge on any atom is 3.00 e. The number of aromatic hydroxyl groups is 2. The Morgan fingerprint density at radius 3 is 1.96 bits per heavy atom. The van der Waals surface area contributed by atoms with Crippen molar-refractivity contribution in [1.29, 1.82) is 0 Å². The van der Waals surface area contributed by atoms with Crippen LogP contribution in [0.3, 0.4) is 0 Å². The van der Waals surface area contributed by atoms with E-state index in [4.69, 9.17) is 0 Å². The molecule has 0 amide bonds. The quantitative estimate of drug-likeness (QED) is 0.498. The summed E-state index contributed by atoms with van der Waals surface area (Å²) in [6, 6.07) is 15.2. The summed E-state index contributed by atoms with van der Waals surface area (Å²) in [5.74, 6) is 0.0144. The summed E-state index contributed by atoms with van der Waals surface area (Å²) in [5, 5.41) is 19.2. The van der Waals surface area contributed by atoms with Gasteiger partial charge in [0.25, 0.3) is 0 Å². The zero-order valence-corrected chi connectivity index (χ0v) is 17.6. The fourth-order valence-corrected chi connectivity index (χ4v) is 2.98. The third kappa shape index (κ3) is 6.02. The van der Waals surface area contributed by atoms with Gasteiger partial charge in [-0.25, -0.2) is 4.98 Å². The summed E-state index contributed by atoms with van der Waals surface area (Å²) >= 11 is 0. The van der Waals surface area contributed by atoms with E-state index in [1.807, 2.05) is 6.92 Å². The molecule has 0 spiro atoms. The van der Waals surface area contributed by atoms with Crippen LogP contribution in [0.5, 0.6) is 11.5 Å². The molecular weight excluding hydrogens is 449 g/mol. The topological polar surface area (TPSA) is 66.2 Å². The van der Waals surface area contributed by atoms with Crippen LogP contribution in [0.15, 0.2) is 54.7 Å². The minimum Gasteiger partial charge on any atom is -0.506 e. The fraction of sp³-hybridized carbons (Fsp3) is 0.238. The third-order valence-corrected chi connectivity index (χ3v) is 4.28. The van der Waals surface area contributed by atoms with Gasteiger partial charge in [0.15, 0.2) is 0 Å². The van der Waals surface area contributed by atoms with Crippen molar-refractivity contribution in [3.63, 3.8) is 0 Å². The number of pyridine rings is 2. The summed E-state index contributed by atoms with van der Waals surface area (Å²) in [6.07, 6.45) is 6.92. The van der Waals surface area contributed by atoms with E-state index in [9.17, 15) is 10.2 Å². The average molecular weight is 472 g/mol. The molecule has 0 saturated heterocycles. The van der Waals surface area contributed by atoms with Crippen molar-refractivity contribution in [2.24, 2.45) is 0 Å². The van der Waals surface area contributed by atoms with Gasteiger partial charge in [-0.3, -0.25) is 4.98 Å². The number of aryl methyl sites for hydroxylation is 3. The second-order valence-electron chi connectivity index (χ2n) is 6.17. The Morgan fingerprint density at radius 2 is 1.37 bits per heavy atom. The minimum atomic E-state index is 0. The predicted molar refractivity (Wildman–Crippen MR) is 106 cm³/mol. The van der Waals surface area contributed by atoms with Crippen molar-refractivity contribution in [1.82, 2.24) is 9.97 Å². The molecule has 1 aliphatic rings. The van der Waals surface area contributed by atoms with E-state index in [1.54, 1.807) is 29.5 Å². The fourth-order valence-electron chi connectivity index (χ4n) is 2.98. The molecule has 1 aliphatic carbocycles. The molecule has 4 rings (SSSR count). The first-order chi connectivity index (χ1) is 12.1. The van der Waals surface area contributed by atoms with Gasteiger partial charge in [-0.05, 0) is 68.0 Å². The molecule has 1 aromatic carbocycles. The molecule has 1 radical (unpaired) electrons. The van der Waals surface area contributed by atoms with Crippen molar-refractivity contribution >= 4 is 12.4 Å². The van der Waals surface area contributed by atoms with Crippen molar-refractivity contribution in [2.45, 2.75) is 32.6 Å². The molecule has 0 bridgehead atoms. The molecule has 3 aromatic rings. The number of rotatable bonds is 1. The van der Waals surface area contributed by atoms with Gasteiger partial charge in [-0.2, -0.15) is 0 Å². The molecule has 0 fully saturated rings. The zero-order valence-electron chi connectivity index (χ0n) is 15.1. The molecule has 4 nitrogen and oxygen atoms in total. The van der Waals surface area contributed by atoms with Gasteiger partial charge in [0.2, 0.25) is 0 Å². The number of hydrogen-bond donors (Lipinski definition) is 2. The van der Waals surface area contributed by atoms with Crippen LogP contribution in [0.4, 0.5) is 0 Å². The van der Waals surface area contributed by atoms with Crippen molar-refractivity contribution in [3.8, 4) is 22.9 Å². The maximum absolute atomic E-state index is 9.60. The second kappa shape index (κ2) is 11.0. The summed E-state index contributed by atoms with van der Waals surface area (Å²) in [6.45, 7) is 1.81. The SMILES string of the molecule is Cc1ccc(O)c(-c2ncccc2O)n1.Cl.[Ru+3].c1ccc2c(c1)CCCC2. The number of halogens is 1. The van der Waals surface area contributed by atoms with E-state index in [2.05, 4.69) is 34.2 Å². The number of benzene rings is 1.